The van der Waals surface area contributed by atoms with Crippen molar-refractivity contribution < 1.29 is 9.90 Å². The zero-order valence-electron chi connectivity index (χ0n) is 12.6. The topological polar surface area (TPSA) is 52.6 Å². The SMILES string of the molecule is Cc1ccc(O)c(CNc2ccccc2C(=O)N(C)C)c1. The smallest absolute Gasteiger partial charge is 0.255 e. The number of nitrogens with zero attached hydrogens (tertiary/aromatic N) is 1. The Balaban J connectivity index is 2.21. The summed E-state index contributed by atoms with van der Waals surface area (Å²) in [5.41, 5.74) is 3.27. The molecule has 0 saturated heterocycles. The molecule has 0 aliphatic carbocycles. The second-order valence-corrected chi connectivity index (χ2v) is 5.23. The van der Waals surface area contributed by atoms with Gasteiger partial charge in [-0.3, -0.25) is 4.79 Å². The van der Waals surface area contributed by atoms with Crippen molar-refractivity contribution in [1.82, 2.24) is 4.90 Å². The number of carbonyl (C=O) groups is 1. The molecule has 0 fully saturated rings. The highest BCUT2D eigenvalue weighted by Gasteiger charge is 2.12. The van der Waals surface area contributed by atoms with Gasteiger partial charge in [-0.2, -0.15) is 0 Å². The minimum atomic E-state index is -0.0495. The van der Waals surface area contributed by atoms with Crippen LogP contribution in [0.1, 0.15) is 21.5 Å². The summed E-state index contributed by atoms with van der Waals surface area (Å²) in [6.45, 7) is 2.44. The standard InChI is InChI=1S/C17H20N2O2/c1-12-8-9-16(20)13(10-12)11-18-15-7-5-4-6-14(15)17(21)19(2)3/h4-10,18,20H,11H2,1-3H3. The summed E-state index contributed by atoms with van der Waals surface area (Å²) in [4.78, 5) is 13.7. The lowest BCUT2D eigenvalue weighted by Crippen LogP contribution is -2.22. The van der Waals surface area contributed by atoms with E-state index >= 15 is 0 Å². The summed E-state index contributed by atoms with van der Waals surface area (Å²) in [6.07, 6.45) is 0. The number of anilines is 1. The number of phenols is 1. The molecule has 0 aromatic heterocycles. The Bertz CT molecular complexity index is 651. The zero-order valence-corrected chi connectivity index (χ0v) is 12.6. The van der Waals surface area contributed by atoms with Crippen LogP contribution in [0, 0.1) is 6.92 Å². The number of phenolic OH excluding ortho intramolecular Hbond substituents is 1. The highest BCUT2D eigenvalue weighted by Crippen LogP contribution is 2.22. The predicted octanol–water partition coefficient (Wildman–Crippen LogP) is 3.01. The van der Waals surface area contributed by atoms with Crippen LogP contribution in [0.4, 0.5) is 5.69 Å². The normalized spacial score (nSPS) is 10.2. The molecule has 0 unspecified atom stereocenters. The van der Waals surface area contributed by atoms with Crippen LogP contribution < -0.4 is 5.32 Å². The van der Waals surface area contributed by atoms with Crippen LogP contribution >= 0.6 is 0 Å². The van der Waals surface area contributed by atoms with E-state index in [4.69, 9.17) is 0 Å². The zero-order chi connectivity index (χ0) is 15.4. The summed E-state index contributed by atoms with van der Waals surface area (Å²) < 4.78 is 0. The molecule has 0 aliphatic rings. The first-order chi connectivity index (χ1) is 9.99. The molecule has 2 rings (SSSR count). The third kappa shape index (κ3) is 3.54. The van der Waals surface area contributed by atoms with Crippen molar-refractivity contribution in [2.24, 2.45) is 0 Å². The number of aryl methyl sites for hydroxylation is 1. The Morgan fingerprint density at radius 1 is 1.19 bits per heavy atom. The maximum absolute atomic E-state index is 12.1. The molecule has 2 N–H and O–H groups in total. The van der Waals surface area contributed by atoms with Crippen molar-refractivity contribution in [3.63, 3.8) is 0 Å². The number of carbonyl (C=O) groups excluding carboxylic acids is 1. The van der Waals surface area contributed by atoms with Crippen LogP contribution in [0.15, 0.2) is 42.5 Å². The molecule has 0 aliphatic heterocycles. The number of aromatic hydroxyl groups is 1. The molecular weight excluding hydrogens is 264 g/mol. The Labute approximate surface area is 125 Å². The van der Waals surface area contributed by atoms with Gasteiger partial charge in [-0.05, 0) is 25.1 Å². The fourth-order valence-corrected chi connectivity index (χ4v) is 2.11. The average Bonchev–Trinajstić information content (AvgIpc) is 2.47. The molecule has 0 spiro atoms. The Morgan fingerprint density at radius 2 is 1.90 bits per heavy atom. The van der Waals surface area contributed by atoms with Crippen molar-refractivity contribution in [2.75, 3.05) is 19.4 Å². The number of benzene rings is 2. The van der Waals surface area contributed by atoms with E-state index in [1.165, 1.54) is 0 Å². The Kier molecular flexibility index (Phi) is 4.48. The molecule has 2 aromatic rings. The van der Waals surface area contributed by atoms with Gasteiger partial charge < -0.3 is 15.3 Å². The molecule has 0 saturated carbocycles. The fraction of sp³-hybridized carbons (Fsp3) is 0.235. The van der Waals surface area contributed by atoms with Gasteiger partial charge in [0, 0.05) is 31.9 Å². The molecule has 0 radical (unpaired) electrons. The number of para-hydroxylation sites is 1. The van der Waals surface area contributed by atoms with Gasteiger partial charge in [-0.15, -0.1) is 0 Å². The van der Waals surface area contributed by atoms with Crippen LogP contribution in [0.3, 0.4) is 0 Å². The van der Waals surface area contributed by atoms with Crippen LogP contribution in [-0.2, 0) is 6.54 Å². The maximum Gasteiger partial charge on any atom is 0.255 e. The van der Waals surface area contributed by atoms with Gasteiger partial charge in [0.2, 0.25) is 0 Å². The van der Waals surface area contributed by atoms with Gasteiger partial charge in [0.1, 0.15) is 5.75 Å². The minimum Gasteiger partial charge on any atom is -0.508 e. The Morgan fingerprint density at radius 3 is 2.62 bits per heavy atom. The first kappa shape index (κ1) is 14.9. The number of nitrogens with one attached hydrogen (secondary N) is 1. The third-order valence-electron chi connectivity index (χ3n) is 3.27. The van der Waals surface area contributed by atoms with Crippen LogP contribution in [0.25, 0.3) is 0 Å². The van der Waals surface area contributed by atoms with Crippen molar-refractivity contribution >= 4 is 11.6 Å². The molecule has 4 heteroatoms. The fourth-order valence-electron chi connectivity index (χ4n) is 2.11. The summed E-state index contributed by atoms with van der Waals surface area (Å²) in [5, 5.41) is 13.1. The van der Waals surface area contributed by atoms with Gasteiger partial charge in [-0.1, -0.05) is 29.8 Å². The molecule has 0 heterocycles. The number of amides is 1. The van der Waals surface area contributed by atoms with Gasteiger partial charge in [0.15, 0.2) is 0 Å². The first-order valence-electron chi connectivity index (χ1n) is 6.82. The van der Waals surface area contributed by atoms with E-state index in [0.717, 1.165) is 16.8 Å². The second-order valence-electron chi connectivity index (χ2n) is 5.23. The molecule has 0 bridgehead atoms. The van der Waals surface area contributed by atoms with Crippen molar-refractivity contribution in [3.8, 4) is 5.75 Å². The third-order valence-corrected chi connectivity index (χ3v) is 3.27. The summed E-state index contributed by atoms with van der Waals surface area (Å²) in [5.74, 6) is 0.205. The maximum atomic E-state index is 12.1. The van der Waals surface area contributed by atoms with E-state index in [-0.39, 0.29) is 11.7 Å². The second kappa shape index (κ2) is 6.31. The van der Waals surface area contributed by atoms with Crippen LogP contribution in [0.5, 0.6) is 5.75 Å². The van der Waals surface area contributed by atoms with Gasteiger partial charge in [0.25, 0.3) is 5.91 Å². The summed E-state index contributed by atoms with van der Waals surface area (Å²) in [7, 11) is 3.46. The van der Waals surface area contributed by atoms with E-state index in [9.17, 15) is 9.90 Å². The molecule has 0 atom stereocenters. The summed E-state index contributed by atoms with van der Waals surface area (Å²) in [6, 6.07) is 12.9. The highest BCUT2D eigenvalue weighted by atomic mass is 16.3. The number of hydrogen-bond donors (Lipinski definition) is 2. The van der Waals surface area contributed by atoms with Crippen LogP contribution in [-0.4, -0.2) is 30.0 Å². The summed E-state index contributed by atoms with van der Waals surface area (Å²) >= 11 is 0. The molecule has 1 amide bonds. The average molecular weight is 284 g/mol. The van der Waals surface area contributed by atoms with E-state index in [2.05, 4.69) is 5.32 Å². The number of rotatable bonds is 4. The van der Waals surface area contributed by atoms with E-state index in [1.54, 1.807) is 31.1 Å². The lowest BCUT2D eigenvalue weighted by Gasteiger charge is -2.15. The number of hydrogen-bond acceptors (Lipinski definition) is 3. The van der Waals surface area contributed by atoms with E-state index in [0.29, 0.717) is 12.1 Å². The van der Waals surface area contributed by atoms with E-state index < -0.39 is 0 Å². The molecule has 21 heavy (non-hydrogen) atoms. The van der Waals surface area contributed by atoms with Gasteiger partial charge in [-0.25, -0.2) is 0 Å². The monoisotopic (exact) mass is 284 g/mol. The minimum absolute atomic E-state index is 0.0495. The first-order valence-corrected chi connectivity index (χ1v) is 6.82. The predicted molar refractivity (Wildman–Crippen MR) is 84.6 cm³/mol. The van der Waals surface area contributed by atoms with Crippen molar-refractivity contribution in [3.05, 3.63) is 59.2 Å². The van der Waals surface area contributed by atoms with Crippen molar-refractivity contribution in [1.29, 1.82) is 0 Å². The Hall–Kier alpha value is -2.49. The lowest BCUT2D eigenvalue weighted by atomic mass is 10.1. The van der Waals surface area contributed by atoms with Gasteiger partial charge in [0.05, 0.1) is 5.56 Å². The molecule has 110 valence electrons. The van der Waals surface area contributed by atoms with E-state index in [1.807, 2.05) is 37.3 Å². The van der Waals surface area contributed by atoms with Crippen molar-refractivity contribution in [2.45, 2.75) is 13.5 Å². The lowest BCUT2D eigenvalue weighted by molar-refractivity contribution is 0.0828. The quantitative estimate of drug-likeness (QED) is 0.907. The largest absolute Gasteiger partial charge is 0.508 e. The highest BCUT2D eigenvalue weighted by molar-refractivity contribution is 5.99. The molecule has 2 aromatic carbocycles. The molecular formula is C17H20N2O2. The van der Waals surface area contributed by atoms with Crippen LogP contribution in [0.2, 0.25) is 0 Å². The van der Waals surface area contributed by atoms with Gasteiger partial charge >= 0.3 is 0 Å². The molecule has 4 nitrogen and oxygen atoms in total.